The maximum absolute atomic E-state index is 11.6. The van der Waals surface area contributed by atoms with Crippen molar-refractivity contribution in [1.82, 2.24) is 15.3 Å². The maximum atomic E-state index is 11.6. The molecule has 1 aromatic heterocycles. The molecule has 1 heterocycles. The molecule has 0 atom stereocenters. The molecule has 1 aromatic rings. The van der Waals surface area contributed by atoms with Crippen LogP contribution in [0.4, 0.5) is 0 Å². The smallest absolute Gasteiger partial charge is 0.289 e. The Morgan fingerprint density at radius 2 is 2.14 bits per heavy atom. The monoisotopic (exact) mass is 257 g/mol. The second-order valence-corrected chi connectivity index (χ2v) is 4.72. The number of nitrogens with one attached hydrogen (secondary N) is 1. The predicted molar refractivity (Wildman–Crippen MR) is 57.0 cm³/mol. The van der Waals surface area contributed by atoms with Crippen molar-refractivity contribution in [3.05, 3.63) is 22.7 Å². The van der Waals surface area contributed by atoms with E-state index in [-0.39, 0.29) is 17.3 Å². The molecule has 1 N–H and O–H groups in total. The Morgan fingerprint density at radius 3 is 2.64 bits per heavy atom. The van der Waals surface area contributed by atoms with E-state index in [1.165, 1.54) is 6.20 Å². The van der Waals surface area contributed by atoms with Crippen LogP contribution in [0.2, 0.25) is 0 Å². The molecular weight excluding hydrogens is 246 g/mol. The summed E-state index contributed by atoms with van der Waals surface area (Å²) in [6.45, 7) is 5.72. The molecule has 14 heavy (non-hydrogen) atoms. The predicted octanol–water partition coefficient (Wildman–Crippen LogP) is 1.77. The average molecular weight is 258 g/mol. The normalized spacial score (nSPS) is 11.1. The van der Waals surface area contributed by atoms with Gasteiger partial charge in [0.05, 0.1) is 0 Å². The zero-order valence-corrected chi connectivity index (χ0v) is 9.92. The first-order chi connectivity index (χ1) is 6.38. The van der Waals surface area contributed by atoms with Gasteiger partial charge in [-0.1, -0.05) is 0 Å². The molecule has 0 saturated carbocycles. The zero-order chi connectivity index (χ0) is 10.8. The first kappa shape index (κ1) is 11.1. The molecule has 0 aromatic carbocycles. The van der Waals surface area contributed by atoms with Crippen molar-refractivity contribution in [2.45, 2.75) is 26.3 Å². The summed E-state index contributed by atoms with van der Waals surface area (Å²) in [4.78, 5) is 19.4. The van der Waals surface area contributed by atoms with E-state index < -0.39 is 0 Å². The van der Waals surface area contributed by atoms with Crippen LogP contribution in [0, 0.1) is 0 Å². The Hall–Kier alpha value is -0.970. The first-order valence-electron chi connectivity index (χ1n) is 4.19. The third-order valence-electron chi connectivity index (χ3n) is 1.31. The van der Waals surface area contributed by atoms with E-state index >= 15 is 0 Å². The summed E-state index contributed by atoms with van der Waals surface area (Å²) in [7, 11) is 0. The number of hydrogen-bond donors (Lipinski definition) is 1. The molecule has 0 spiro atoms. The van der Waals surface area contributed by atoms with Crippen LogP contribution >= 0.6 is 15.9 Å². The van der Waals surface area contributed by atoms with E-state index in [2.05, 4.69) is 31.2 Å². The summed E-state index contributed by atoms with van der Waals surface area (Å²) in [5, 5.41) is 2.78. The highest BCUT2D eigenvalue weighted by Crippen LogP contribution is 2.05. The van der Waals surface area contributed by atoms with Crippen molar-refractivity contribution in [3.8, 4) is 0 Å². The van der Waals surface area contributed by atoms with Crippen molar-refractivity contribution >= 4 is 21.8 Å². The van der Waals surface area contributed by atoms with Crippen LogP contribution < -0.4 is 5.32 Å². The Kier molecular flexibility index (Phi) is 3.21. The van der Waals surface area contributed by atoms with Crippen LogP contribution in [-0.4, -0.2) is 21.4 Å². The van der Waals surface area contributed by atoms with Crippen LogP contribution in [0.3, 0.4) is 0 Å². The van der Waals surface area contributed by atoms with E-state index in [1.807, 2.05) is 20.8 Å². The molecule has 0 radical (unpaired) electrons. The number of nitrogens with zero attached hydrogens (tertiary/aromatic N) is 2. The second-order valence-electron chi connectivity index (χ2n) is 3.91. The minimum absolute atomic E-state index is 0.175. The van der Waals surface area contributed by atoms with E-state index in [4.69, 9.17) is 0 Å². The zero-order valence-electron chi connectivity index (χ0n) is 8.34. The SMILES string of the molecule is CC(C)(C)NC(=O)c1nccc(Br)n1. The molecule has 0 fully saturated rings. The molecule has 0 aliphatic rings. The summed E-state index contributed by atoms with van der Waals surface area (Å²) in [6.07, 6.45) is 1.54. The van der Waals surface area contributed by atoms with Crippen molar-refractivity contribution in [1.29, 1.82) is 0 Å². The molecule has 5 heteroatoms. The van der Waals surface area contributed by atoms with Gasteiger partial charge in [0.15, 0.2) is 0 Å². The molecule has 76 valence electrons. The van der Waals surface area contributed by atoms with Gasteiger partial charge in [-0.3, -0.25) is 4.79 Å². The van der Waals surface area contributed by atoms with Crippen LogP contribution in [0.1, 0.15) is 31.4 Å². The lowest BCUT2D eigenvalue weighted by atomic mass is 10.1. The van der Waals surface area contributed by atoms with Gasteiger partial charge in [-0.15, -0.1) is 0 Å². The minimum atomic E-state index is -0.275. The number of rotatable bonds is 1. The first-order valence-corrected chi connectivity index (χ1v) is 4.99. The van der Waals surface area contributed by atoms with Crippen molar-refractivity contribution in [2.24, 2.45) is 0 Å². The Bertz CT molecular complexity index is 346. The number of carbonyl (C=O) groups is 1. The highest BCUT2D eigenvalue weighted by atomic mass is 79.9. The Labute approximate surface area is 91.3 Å². The maximum Gasteiger partial charge on any atom is 0.289 e. The second kappa shape index (κ2) is 4.04. The summed E-state index contributed by atoms with van der Waals surface area (Å²) in [5.74, 6) is -0.0897. The Morgan fingerprint density at radius 1 is 1.50 bits per heavy atom. The van der Waals surface area contributed by atoms with Crippen LogP contribution in [-0.2, 0) is 0 Å². The van der Waals surface area contributed by atoms with Crippen LogP contribution in [0.5, 0.6) is 0 Å². The molecule has 0 bridgehead atoms. The van der Waals surface area contributed by atoms with Crippen molar-refractivity contribution in [2.75, 3.05) is 0 Å². The number of halogens is 1. The van der Waals surface area contributed by atoms with Crippen molar-refractivity contribution < 1.29 is 4.79 Å². The lowest BCUT2D eigenvalue weighted by Gasteiger charge is -2.19. The third-order valence-corrected chi connectivity index (χ3v) is 1.75. The molecule has 1 amide bonds. The fourth-order valence-electron chi connectivity index (χ4n) is 0.843. The summed E-state index contributed by atoms with van der Waals surface area (Å²) in [5.41, 5.74) is -0.275. The lowest BCUT2D eigenvalue weighted by molar-refractivity contribution is 0.0908. The number of hydrogen-bond acceptors (Lipinski definition) is 3. The average Bonchev–Trinajstić information content (AvgIpc) is 2.01. The minimum Gasteiger partial charge on any atom is -0.345 e. The fraction of sp³-hybridized carbons (Fsp3) is 0.444. The fourth-order valence-corrected chi connectivity index (χ4v) is 1.13. The molecule has 0 aliphatic heterocycles. The van der Waals surface area contributed by atoms with E-state index in [0.717, 1.165) is 0 Å². The molecule has 0 unspecified atom stereocenters. The number of amides is 1. The van der Waals surface area contributed by atoms with Gasteiger partial charge >= 0.3 is 0 Å². The highest BCUT2D eigenvalue weighted by molar-refractivity contribution is 9.10. The standard InChI is InChI=1S/C9H12BrN3O/c1-9(2,3)13-8(14)7-11-5-4-6(10)12-7/h4-5H,1-3H3,(H,13,14). The molecular formula is C9H12BrN3O. The number of aromatic nitrogens is 2. The molecule has 0 saturated heterocycles. The van der Waals surface area contributed by atoms with Gasteiger partial charge in [0, 0.05) is 11.7 Å². The van der Waals surface area contributed by atoms with Gasteiger partial charge in [-0.2, -0.15) is 0 Å². The lowest BCUT2D eigenvalue weighted by Crippen LogP contribution is -2.41. The summed E-state index contributed by atoms with van der Waals surface area (Å²) in [6, 6.07) is 1.67. The van der Waals surface area contributed by atoms with Gasteiger partial charge in [-0.05, 0) is 42.8 Å². The van der Waals surface area contributed by atoms with E-state index in [1.54, 1.807) is 6.07 Å². The van der Waals surface area contributed by atoms with Crippen LogP contribution in [0.25, 0.3) is 0 Å². The van der Waals surface area contributed by atoms with Gasteiger partial charge in [-0.25, -0.2) is 9.97 Å². The van der Waals surface area contributed by atoms with Gasteiger partial charge in [0.25, 0.3) is 5.91 Å². The quantitative estimate of drug-likeness (QED) is 0.781. The van der Waals surface area contributed by atoms with E-state index in [0.29, 0.717) is 4.60 Å². The Balaban J connectivity index is 2.80. The number of carbonyl (C=O) groups excluding carboxylic acids is 1. The van der Waals surface area contributed by atoms with Gasteiger partial charge in [0.2, 0.25) is 5.82 Å². The van der Waals surface area contributed by atoms with Crippen molar-refractivity contribution in [3.63, 3.8) is 0 Å². The molecule has 4 nitrogen and oxygen atoms in total. The summed E-state index contributed by atoms with van der Waals surface area (Å²) < 4.78 is 0.603. The summed E-state index contributed by atoms with van der Waals surface area (Å²) >= 11 is 3.18. The van der Waals surface area contributed by atoms with E-state index in [9.17, 15) is 4.79 Å². The third kappa shape index (κ3) is 3.41. The van der Waals surface area contributed by atoms with Gasteiger partial charge in [0.1, 0.15) is 4.60 Å². The molecule has 0 aliphatic carbocycles. The topological polar surface area (TPSA) is 54.9 Å². The highest BCUT2D eigenvalue weighted by Gasteiger charge is 2.17. The molecule has 1 rings (SSSR count). The van der Waals surface area contributed by atoms with Crippen LogP contribution in [0.15, 0.2) is 16.9 Å². The largest absolute Gasteiger partial charge is 0.345 e. The van der Waals surface area contributed by atoms with Gasteiger partial charge < -0.3 is 5.32 Å².